The van der Waals surface area contributed by atoms with Crippen LogP contribution in [0.1, 0.15) is 25.5 Å². The Hall–Kier alpha value is -1.03. The summed E-state index contributed by atoms with van der Waals surface area (Å²) >= 11 is 0. The fourth-order valence-corrected chi connectivity index (χ4v) is 1.45. The molecule has 0 bridgehead atoms. The number of rotatable bonds is 1. The highest BCUT2D eigenvalue weighted by atomic mass is 16.5. The molecule has 66 valence electrons. The minimum absolute atomic E-state index is 0.107. The van der Waals surface area contributed by atoms with Gasteiger partial charge < -0.3 is 10.5 Å². The molecule has 12 heavy (non-hydrogen) atoms. The summed E-state index contributed by atoms with van der Waals surface area (Å²) in [5.41, 5.74) is 5.50. The lowest BCUT2D eigenvalue weighted by molar-refractivity contribution is -0.0393. The van der Waals surface area contributed by atoms with Crippen LogP contribution in [0, 0.1) is 0 Å². The molecule has 1 aromatic rings. The molecule has 1 aliphatic rings. The Morgan fingerprint density at radius 1 is 1.58 bits per heavy atom. The first-order valence-corrected chi connectivity index (χ1v) is 4.28. The van der Waals surface area contributed by atoms with Crippen molar-refractivity contribution >= 4 is 5.82 Å². The van der Waals surface area contributed by atoms with Crippen LogP contribution in [0.15, 0.2) is 12.3 Å². The predicted molar refractivity (Wildman–Crippen MR) is 45.5 cm³/mol. The third-order valence-corrected chi connectivity index (χ3v) is 2.08. The van der Waals surface area contributed by atoms with Crippen molar-refractivity contribution in [1.29, 1.82) is 0 Å². The first kappa shape index (κ1) is 7.61. The van der Waals surface area contributed by atoms with Gasteiger partial charge in [-0.25, -0.2) is 4.68 Å². The summed E-state index contributed by atoms with van der Waals surface area (Å²) in [6.45, 7) is 0.838. The van der Waals surface area contributed by atoms with Gasteiger partial charge in [-0.2, -0.15) is 5.10 Å². The molecule has 0 unspecified atom stereocenters. The van der Waals surface area contributed by atoms with Crippen LogP contribution in [0.4, 0.5) is 5.82 Å². The van der Waals surface area contributed by atoms with Crippen LogP contribution in [0.2, 0.25) is 0 Å². The maximum Gasteiger partial charge on any atom is 0.150 e. The average molecular weight is 167 g/mol. The van der Waals surface area contributed by atoms with Gasteiger partial charge in [0.25, 0.3) is 0 Å². The molecule has 1 fully saturated rings. The van der Waals surface area contributed by atoms with E-state index in [0.29, 0.717) is 5.82 Å². The Bertz CT molecular complexity index is 253. The molecule has 2 rings (SSSR count). The van der Waals surface area contributed by atoms with E-state index in [0.717, 1.165) is 19.4 Å². The van der Waals surface area contributed by atoms with Gasteiger partial charge >= 0.3 is 0 Å². The van der Waals surface area contributed by atoms with Crippen molar-refractivity contribution in [2.75, 3.05) is 12.3 Å². The molecule has 0 radical (unpaired) electrons. The van der Waals surface area contributed by atoms with Crippen molar-refractivity contribution in [3.8, 4) is 0 Å². The molecular weight excluding hydrogens is 154 g/mol. The Labute approximate surface area is 71.3 Å². The van der Waals surface area contributed by atoms with Crippen molar-refractivity contribution in [2.45, 2.75) is 25.5 Å². The molecule has 0 spiro atoms. The van der Waals surface area contributed by atoms with Gasteiger partial charge in [0.05, 0.1) is 0 Å². The van der Waals surface area contributed by atoms with Gasteiger partial charge in [-0.15, -0.1) is 0 Å². The maximum atomic E-state index is 5.52. The summed E-state index contributed by atoms with van der Waals surface area (Å²) in [5, 5.41) is 4.10. The number of ether oxygens (including phenoxy) is 1. The third-order valence-electron chi connectivity index (χ3n) is 2.08. The fraction of sp³-hybridized carbons (Fsp3) is 0.625. The van der Waals surface area contributed by atoms with Crippen LogP contribution in [0.5, 0.6) is 0 Å². The summed E-state index contributed by atoms with van der Waals surface area (Å²) < 4.78 is 7.32. The molecule has 4 heteroatoms. The summed E-state index contributed by atoms with van der Waals surface area (Å²) in [6, 6.07) is 1.79. The van der Waals surface area contributed by atoms with E-state index in [1.165, 1.54) is 6.42 Å². The van der Waals surface area contributed by atoms with Gasteiger partial charge in [-0.05, 0) is 19.3 Å². The van der Waals surface area contributed by atoms with Crippen molar-refractivity contribution in [3.05, 3.63) is 12.3 Å². The second kappa shape index (κ2) is 3.15. The number of nitrogens with two attached hydrogens (primary N) is 1. The van der Waals surface area contributed by atoms with Crippen molar-refractivity contribution in [2.24, 2.45) is 0 Å². The van der Waals surface area contributed by atoms with Gasteiger partial charge in [0, 0.05) is 18.9 Å². The van der Waals surface area contributed by atoms with Crippen LogP contribution < -0.4 is 5.73 Å². The van der Waals surface area contributed by atoms with E-state index in [9.17, 15) is 0 Å². The molecule has 1 saturated heterocycles. The Morgan fingerprint density at radius 2 is 2.50 bits per heavy atom. The van der Waals surface area contributed by atoms with Crippen molar-refractivity contribution in [3.63, 3.8) is 0 Å². The van der Waals surface area contributed by atoms with Gasteiger partial charge in [0.2, 0.25) is 0 Å². The Morgan fingerprint density at radius 3 is 3.08 bits per heavy atom. The van der Waals surface area contributed by atoms with Gasteiger partial charge in [-0.1, -0.05) is 0 Å². The molecule has 1 aromatic heterocycles. The SMILES string of the molecule is Nc1ccn([C@H]2CCCCO2)n1. The lowest BCUT2D eigenvalue weighted by atomic mass is 10.2. The Balaban J connectivity index is 2.08. The number of nitrogen functional groups attached to an aromatic ring is 1. The van der Waals surface area contributed by atoms with E-state index >= 15 is 0 Å². The molecule has 1 atom stereocenters. The average Bonchev–Trinajstić information content (AvgIpc) is 2.54. The quantitative estimate of drug-likeness (QED) is 0.683. The van der Waals surface area contributed by atoms with Crippen LogP contribution in [0.3, 0.4) is 0 Å². The lowest BCUT2D eigenvalue weighted by Gasteiger charge is -2.22. The highest BCUT2D eigenvalue weighted by molar-refractivity contribution is 5.23. The maximum absolute atomic E-state index is 5.52. The molecule has 0 saturated carbocycles. The van der Waals surface area contributed by atoms with E-state index in [2.05, 4.69) is 5.10 Å². The minimum atomic E-state index is 0.107. The monoisotopic (exact) mass is 167 g/mol. The molecule has 2 heterocycles. The largest absolute Gasteiger partial charge is 0.382 e. The zero-order valence-corrected chi connectivity index (χ0v) is 6.94. The van der Waals surface area contributed by atoms with Crippen LogP contribution in [-0.4, -0.2) is 16.4 Å². The number of anilines is 1. The highest BCUT2D eigenvalue weighted by Gasteiger charge is 2.15. The lowest BCUT2D eigenvalue weighted by Crippen LogP contribution is -2.18. The number of hydrogen-bond donors (Lipinski definition) is 1. The summed E-state index contributed by atoms with van der Waals surface area (Å²) in [6.07, 6.45) is 5.39. The molecule has 0 aromatic carbocycles. The number of hydrogen-bond acceptors (Lipinski definition) is 3. The van der Waals surface area contributed by atoms with Crippen LogP contribution in [0.25, 0.3) is 0 Å². The first-order chi connectivity index (χ1) is 5.86. The second-order valence-corrected chi connectivity index (χ2v) is 3.04. The second-order valence-electron chi connectivity index (χ2n) is 3.04. The zero-order chi connectivity index (χ0) is 8.39. The molecule has 0 amide bonds. The van der Waals surface area contributed by atoms with Crippen LogP contribution in [-0.2, 0) is 4.74 Å². The summed E-state index contributed by atoms with van der Waals surface area (Å²) in [7, 11) is 0. The molecule has 1 aliphatic heterocycles. The standard InChI is InChI=1S/C8H13N3O/c9-7-4-5-11(10-7)8-3-1-2-6-12-8/h4-5,8H,1-3,6H2,(H2,9,10)/t8-/m1/s1. The number of nitrogens with zero attached hydrogens (tertiary/aromatic N) is 2. The molecule has 4 nitrogen and oxygen atoms in total. The topological polar surface area (TPSA) is 53.1 Å². The molecule has 2 N–H and O–H groups in total. The van der Waals surface area contributed by atoms with E-state index in [4.69, 9.17) is 10.5 Å². The van der Waals surface area contributed by atoms with Crippen molar-refractivity contribution < 1.29 is 4.74 Å². The first-order valence-electron chi connectivity index (χ1n) is 4.28. The van der Waals surface area contributed by atoms with Crippen LogP contribution >= 0.6 is 0 Å². The third kappa shape index (κ3) is 1.43. The van der Waals surface area contributed by atoms with Crippen molar-refractivity contribution in [1.82, 2.24) is 9.78 Å². The molecule has 0 aliphatic carbocycles. The summed E-state index contributed by atoms with van der Waals surface area (Å²) in [5.74, 6) is 0.559. The fourth-order valence-electron chi connectivity index (χ4n) is 1.45. The summed E-state index contributed by atoms with van der Waals surface area (Å²) in [4.78, 5) is 0. The van der Waals surface area contributed by atoms with E-state index < -0.39 is 0 Å². The highest BCUT2D eigenvalue weighted by Crippen LogP contribution is 2.21. The zero-order valence-electron chi connectivity index (χ0n) is 6.94. The number of aromatic nitrogens is 2. The predicted octanol–water partition coefficient (Wildman–Crippen LogP) is 1.16. The smallest absolute Gasteiger partial charge is 0.150 e. The Kier molecular flexibility index (Phi) is 1.99. The normalized spacial score (nSPS) is 24.2. The van der Waals surface area contributed by atoms with E-state index in [1.54, 1.807) is 10.7 Å². The van der Waals surface area contributed by atoms with Gasteiger partial charge in [-0.3, -0.25) is 0 Å². The minimum Gasteiger partial charge on any atom is -0.382 e. The van der Waals surface area contributed by atoms with E-state index in [-0.39, 0.29) is 6.23 Å². The van der Waals surface area contributed by atoms with E-state index in [1.807, 2.05) is 6.20 Å². The molecular formula is C8H13N3O. The van der Waals surface area contributed by atoms with Gasteiger partial charge in [0.1, 0.15) is 12.0 Å². The van der Waals surface area contributed by atoms with Gasteiger partial charge in [0.15, 0.2) is 0 Å².